The van der Waals surface area contributed by atoms with Gasteiger partial charge in [0.1, 0.15) is 0 Å². The Kier molecular flexibility index (Phi) is 5.00. The SMILES string of the molecule is C[C@@H]1CC[C@H]2[C@H](C1)Nc1ccc(SCc3ccc(Cl)cc3)cc1C2(C)C. The van der Waals surface area contributed by atoms with Gasteiger partial charge in [0.05, 0.1) is 0 Å². The van der Waals surface area contributed by atoms with Crippen molar-refractivity contribution in [3.8, 4) is 0 Å². The van der Waals surface area contributed by atoms with Gasteiger partial charge in [-0.25, -0.2) is 0 Å². The van der Waals surface area contributed by atoms with Crippen molar-refractivity contribution in [2.45, 2.75) is 62.1 Å². The molecule has 0 aromatic heterocycles. The van der Waals surface area contributed by atoms with E-state index in [2.05, 4.69) is 56.4 Å². The third-order valence-corrected chi connectivity index (χ3v) is 7.70. The van der Waals surface area contributed by atoms with Crippen molar-refractivity contribution in [2.75, 3.05) is 5.32 Å². The Balaban J connectivity index is 1.55. The fourth-order valence-corrected chi connectivity index (χ4v) is 5.84. The zero-order valence-electron chi connectivity index (χ0n) is 15.9. The summed E-state index contributed by atoms with van der Waals surface area (Å²) >= 11 is 7.90. The van der Waals surface area contributed by atoms with E-state index in [1.165, 1.54) is 41.0 Å². The van der Waals surface area contributed by atoms with Gasteiger partial charge in [-0.05, 0) is 71.6 Å². The molecule has 138 valence electrons. The average molecular weight is 386 g/mol. The summed E-state index contributed by atoms with van der Waals surface area (Å²) in [5.74, 6) is 2.56. The average Bonchev–Trinajstić information content (AvgIpc) is 2.61. The molecule has 0 amide bonds. The minimum atomic E-state index is 0.238. The molecule has 0 radical (unpaired) electrons. The van der Waals surface area contributed by atoms with Crippen molar-refractivity contribution >= 4 is 29.1 Å². The van der Waals surface area contributed by atoms with Gasteiger partial charge in [-0.3, -0.25) is 0 Å². The van der Waals surface area contributed by atoms with Gasteiger partial charge >= 0.3 is 0 Å². The number of halogens is 1. The molecule has 1 nitrogen and oxygen atoms in total. The predicted molar refractivity (Wildman–Crippen MR) is 114 cm³/mol. The lowest BCUT2D eigenvalue weighted by molar-refractivity contribution is 0.173. The standard InChI is InChI=1S/C23H28ClNS/c1-15-4-10-19-22(12-15)25-21-11-9-18(13-20(21)23(19,2)3)26-14-16-5-7-17(24)8-6-16/h5-9,11,13,15,19,22,25H,4,10,12,14H2,1-3H3/t15-,19+,22+/m1/s1. The smallest absolute Gasteiger partial charge is 0.0406 e. The van der Waals surface area contributed by atoms with Crippen LogP contribution in [0.25, 0.3) is 0 Å². The van der Waals surface area contributed by atoms with Crippen LogP contribution >= 0.6 is 23.4 Å². The van der Waals surface area contributed by atoms with Crippen molar-refractivity contribution in [3.63, 3.8) is 0 Å². The molecule has 1 N–H and O–H groups in total. The number of anilines is 1. The topological polar surface area (TPSA) is 12.0 Å². The molecule has 0 spiro atoms. The highest BCUT2D eigenvalue weighted by Gasteiger charge is 2.44. The Morgan fingerprint density at radius 2 is 1.88 bits per heavy atom. The van der Waals surface area contributed by atoms with Crippen LogP contribution in [0.15, 0.2) is 47.4 Å². The fraction of sp³-hybridized carbons (Fsp3) is 0.478. The molecule has 0 unspecified atom stereocenters. The maximum Gasteiger partial charge on any atom is 0.0406 e. The lowest BCUT2D eigenvalue weighted by atomic mass is 9.61. The van der Waals surface area contributed by atoms with Crippen LogP contribution in [0.4, 0.5) is 5.69 Å². The molecule has 0 saturated heterocycles. The highest BCUT2D eigenvalue weighted by molar-refractivity contribution is 7.98. The Bertz CT molecular complexity index is 783. The van der Waals surface area contributed by atoms with E-state index < -0.39 is 0 Å². The molecule has 4 rings (SSSR count). The van der Waals surface area contributed by atoms with Crippen LogP contribution in [0.1, 0.15) is 51.2 Å². The first-order valence-corrected chi connectivity index (χ1v) is 11.1. The van der Waals surface area contributed by atoms with Crippen LogP contribution in [-0.2, 0) is 11.2 Å². The summed E-state index contributed by atoms with van der Waals surface area (Å²) in [5.41, 5.74) is 4.40. The van der Waals surface area contributed by atoms with E-state index in [-0.39, 0.29) is 5.41 Å². The summed E-state index contributed by atoms with van der Waals surface area (Å²) in [4.78, 5) is 1.36. The third kappa shape index (κ3) is 3.51. The summed E-state index contributed by atoms with van der Waals surface area (Å²) < 4.78 is 0. The minimum Gasteiger partial charge on any atom is -0.382 e. The van der Waals surface area contributed by atoms with Crippen LogP contribution in [0.3, 0.4) is 0 Å². The summed E-state index contributed by atoms with van der Waals surface area (Å²) in [6.07, 6.45) is 4.01. The van der Waals surface area contributed by atoms with Crippen molar-refractivity contribution in [1.82, 2.24) is 0 Å². The van der Waals surface area contributed by atoms with Gasteiger partial charge < -0.3 is 5.32 Å². The summed E-state index contributed by atoms with van der Waals surface area (Å²) in [6, 6.07) is 15.8. The second kappa shape index (κ2) is 7.13. The first kappa shape index (κ1) is 18.3. The number of benzene rings is 2. The predicted octanol–water partition coefficient (Wildman–Crippen LogP) is 7.14. The van der Waals surface area contributed by atoms with Crippen LogP contribution in [0.5, 0.6) is 0 Å². The normalized spacial score (nSPS) is 26.5. The maximum absolute atomic E-state index is 5.99. The van der Waals surface area contributed by atoms with Crippen LogP contribution in [0.2, 0.25) is 5.02 Å². The van der Waals surface area contributed by atoms with E-state index in [4.69, 9.17) is 11.6 Å². The van der Waals surface area contributed by atoms with Crippen LogP contribution in [0, 0.1) is 11.8 Å². The molecule has 0 bridgehead atoms. The van der Waals surface area contributed by atoms with Gasteiger partial charge in [-0.1, -0.05) is 50.9 Å². The van der Waals surface area contributed by atoms with Gasteiger partial charge in [0.2, 0.25) is 0 Å². The zero-order valence-corrected chi connectivity index (χ0v) is 17.5. The largest absolute Gasteiger partial charge is 0.382 e. The summed E-state index contributed by atoms with van der Waals surface area (Å²) in [5, 5.41) is 4.67. The van der Waals surface area contributed by atoms with E-state index in [1.807, 2.05) is 23.9 Å². The number of nitrogens with one attached hydrogen (secondary N) is 1. The van der Waals surface area contributed by atoms with Gasteiger partial charge in [0.25, 0.3) is 0 Å². The van der Waals surface area contributed by atoms with Gasteiger partial charge in [-0.15, -0.1) is 11.8 Å². The zero-order chi connectivity index (χ0) is 18.3. The Hall–Kier alpha value is -1.12. The van der Waals surface area contributed by atoms with Crippen LogP contribution in [-0.4, -0.2) is 6.04 Å². The van der Waals surface area contributed by atoms with Crippen molar-refractivity contribution in [1.29, 1.82) is 0 Å². The monoisotopic (exact) mass is 385 g/mol. The number of hydrogen-bond donors (Lipinski definition) is 1. The molecule has 2 aromatic rings. The third-order valence-electron chi connectivity index (χ3n) is 6.38. The Morgan fingerprint density at radius 1 is 1.12 bits per heavy atom. The van der Waals surface area contributed by atoms with Gasteiger partial charge in [-0.2, -0.15) is 0 Å². The molecule has 1 aliphatic carbocycles. The molecule has 26 heavy (non-hydrogen) atoms. The van der Waals surface area contributed by atoms with E-state index in [1.54, 1.807) is 0 Å². The second-order valence-electron chi connectivity index (χ2n) is 8.62. The molecule has 3 heteroatoms. The molecular formula is C23H28ClNS. The highest BCUT2D eigenvalue weighted by atomic mass is 35.5. The number of hydrogen-bond acceptors (Lipinski definition) is 2. The van der Waals surface area contributed by atoms with E-state index in [0.29, 0.717) is 6.04 Å². The Morgan fingerprint density at radius 3 is 2.65 bits per heavy atom. The number of fused-ring (bicyclic) bond motifs is 2. The van der Waals surface area contributed by atoms with Gasteiger partial charge in [0, 0.05) is 27.4 Å². The quantitative estimate of drug-likeness (QED) is 0.563. The maximum atomic E-state index is 5.99. The molecular weight excluding hydrogens is 358 g/mol. The second-order valence-corrected chi connectivity index (χ2v) is 10.1. The molecule has 2 aromatic carbocycles. The molecule has 2 aliphatic rings. The van der Waals surface area contributed by atoms with Gasteiger partial charge in [0.15, 0.2) is 0 Å². The van der Waals surface area contributed by atoms with E-state index in [0.717, 1.165) is 22.6 Å². The lowest BCUT2D eigenvalue weighted by Crippen LogP contribution is -2.48. The number of thioether (sulfide) groups is 1. The fourth-order valence-electron chi connectivity index (χ4n) is 4.82. The van der Waals surface area contributed by atoms with Crippen LogP contribution < -0.4 is 5.32 Å². The minimum absolute atomic E-state index is 0.238. The molecule has 1 heterocycles. The van der Waals surface area contributed by atoms with E-state index in [9.17, 15) is 0 Å². The first-order valence-electron chi connectivity index (χ1n) is 9.72. The molecule has 1 saturated carbocycles. The highest BCUT2D eigenvalue weighted by Crippen LogP contribution is 2.49. The number of rotatable bonds is 3. The molecule has 1 aliphatic heterocycles. The van der Waals surface area contributed by atoms with Crippen molar-refractivity contribution in [2.24, 2.45) is 11.8 Å². The van der Waals surface area contributed by atoms with Crippen molar-refractivity contribution in [3.05, 3.63) is 58.6 Å². The summed E-state index contributed by atoms with van der Waals surface area (Å²) in [6.45, 7) is 7.30. The Labute approximate surface area is 166 Å². The van der Waals surface area contributed by atoms with Crippen molar-refractivity contribution < 1.29 is 0 Å². The summed E-state index contributed by atoms with van der Waals surface area (Å²) in [7, 11) is 0. The lowest BCUT2D eigenvalue weighted by Gasteiger charge is -2.50. The molecule has 1 fully saturated rings. The van der Waals surface area contributed by atoms with E-state index >= 15 is 0 Å². The molecule has 3 atom stereocenters. The first-order chi connectivity index (χ1) is 12.4.